The van der Waals surface area contributed by atoms with Crippen molar-refractivity contribution in [3.63, 3.8) is 0 Å². The standard InChI is InChI=1S/C42H36N6O4/c49-39-23-21-35(47-45-33-13-3-1-4-14-33)27-31(39)29-43-37-17-7-9-19-41(37)51-25-11-12-26-52-42-20-10-8-18-38(42)44-30-32-28-36(22-24-40(32)50)48-46-34-15-5-2-6-16-34/h1-10,13-24,27-30,49-50H,11-12,25-26H2. The highest BCUT2D eigenvalue weighted by molar-refractivity contribution is 5.88. The number of ether oxygens (including phenoxy) is 2. The van der Waals surface area contributed by atoms with Crippen molar-refractivity contribution in [3.05, 3.63) is 157 Å². The van der Waals surface area contributed by atoms with E-state index in [1.54, 1.807) is 48.8 Å². The van der Waals surface area contributed by atoms with Gasteiger partial charge in [-0.1, -0.05) is 60.7 Å². The predicted octanol–water partition coefficient (Wildman–Crippen LogP) is 11.7. The first-order valence-corrected chi connectivity index (χ1v) is 16.7. The predicted molar refractivity (Wildman–Crippen MR) is 205 cm³/mol. The molecule has 0 atom stereocenters. The Morgan fingerprint density at radius 3 is 1.25 bits per heavy atom. The second-order valence-electron chi connectivity index (χ2n) is 11.4. The molecular formula is C42H36N6O4. The summed E-state index contributed by atoms with van der Waals surface area (Å²) in [6, 6.07) is 43.8. The van der Waals surface area contributed by atoms with Crippen LogP contribution in [0.3, 0.4) is 0 Å². The van der Waals surface area contributed by atoms with Gasteiger partial charge >= 0.3 is 0 Å². The average Bonchev–Trinajstić information content (AvgIpc) is 3.19. The molecule has 0 bridgehead atoms. The van der Waals surface area contributed by atoms with E-state index in [4.69, 9.17) is 9.47 Å². The number of hydrogen-bond donors (Lipinski definition) is 2. The van der Waals surface area contributed by atoms with Crippen LogP contribution in [-0.4, -0.2) is 35.9 Å². The Bertz CT molecular complexity index is 2030. The van der Waals surface area contributed by atoms with Gasteiger partial charge in [-0.05, 0) is 97.8 Å². The van der Waals surface area contributed by atoms with E-state index in [0.29, 0.717) is 58.6 Å². The van der Waals surface area contributed by atoms with Crippen molar-refractivity contribution in [3.8, 4) is 23.0 Å². The molecule has 0 saturated carbocycles. The Labute approximate surface area is 301 Å². The number of hydrogen-bond acceptors (Lipinski definition) is 10. The van der Waals surface area contributed by atoms with Gasteiger partial charge in [0.25, 0.3) is 0 Å². The third-order valence-corrected chi connectivity index (χ3v) is 7.57. The van der Waals surface area contributed by atoms with Crippen molar-refractivity contribution in [1.29, 1.82) is 0 Å². The van der Waals surface area contributed by atoms with E-state index in [9.17, 15) is 10.2 Å². The highest BCUT2D eigenvalue weighted by Gasteiger charge is 2.06. The lowest BCUT2D eigenvalue weighted by Crippen LogP contribution is -2.03. The van der Waals surface area contributed by atoms with Crippen LogP contribution in [0.2, 0.25) is 0 Å². The van der Waals surface area contributed by atoms with E-state index in [0.717, 1.165) is 24.2 Å². The summed E-state index contributed by atoms with van der Waals surface area (Å²) in [5.74, 6) is 1.43. The normalized spacial score (nSPS) is 11.6. The summed E-state index contributed by atoms with van der Waals surface area (Å²) in [5, 5.41) is 37.9. The summed E-state index contributed by atoms with van der Waals surface area (Å²) < 4.78 is 12.1. The largest absolute Gasteiger partial charge is 0.507 e. The monoisotopic (exact) mass is 688 g/mol. The molecule has 0 aliphatic rings. The highest BCUT2D eigenvalue weighted by atomic mass is 16.5. The fourth-order valence-electron chi connectivity index (χ4n) is 4.85. The summed E-state index contributed by atoms with van der Waals surface area (Å²) in [7, 11) is 0. The van der Waals surface area contributed by atoms with Crippen molar-refractivity contribution in [2.45, 2.75) is 12.8 Å². The van der Waals surface area contributed by atoms with Gasteiger partial charge in [0, 0.05) is 23.6 Å². The Hall–Kier alpha value is -6.94. The van der Waals surface area contributed by atoms with E-state index >= 15 is 0 Å². The van der Waals surface area contributed by atoms with Crippen molar-refractivity contribution in [1.82, 2.24) is 0 Å². The molecule has 2 N–H and O–H groups in total. The molecule has 52 heavy (non-hydrogen) atoms. The van der Waals surface area contributed by atoms with Crippen molar-refractivity contribution >= 4 is 46.6 Å². The van der Waals surface area contributed by atoms with Crippen molar-refractivity contribution in [2.75, 3.05) is 13.2 Å². The number of aromatic hydroxyl groups is 2. The smallest absolute Gasteiger partial charge is 0.144 e. The highest BCUT2D eigenvalue weighted by Crippen LogP contribution is 2.31. The Morgan fingerprint density at radius 2 is 0.808 bits per heavy atom. The maximum atomic E-state index is 10.4. The van der Waals surface area contributed by atoms with E-state index < -0.39 is 0 Å². The molecule has 0 heterocycles. The molecular weight excluding hydrogens is 653 g/mol. The first-order chi connectivity index (χ1) is 25.6. The van der Waals surface area contributed by atoms with Crippen LogP contribution in [0.25, 0.3) is 0 Å². The van der Waals surface area contributed by atoms with Crippen molar-refractivity contribution in [2.24, 2.45) is 30.4 Å². The SMILES string of the molecule is Oc1ccc(N=Nc2ccccc2)cc1C=Nc1ccccc1OCCCCOc1ccccc1N=Cc1cc(N=Nc2ccccc2)ccc1O. The Kier molecular flexibility index (Phi) is 12.2. The molecule has 0 aliphatic heterocycles. The van der Waals surface area contributed by atoms with Crippen LogP contribution in [0, 0.1) is 0 Å². The van der Waals surface area contributed by atoms with E-state index in [1.807, 2.05) is 109 Å². The number of benzene rings is 6. The molecule has 0 amide bonds. The van der Waals surface area contributed by atoms with E-state index in [2.05, 4.69) is 30.4 Å². The molecule has 0 saturated heterocycles. The quantitative estimate of drug-likeness (QED) is 0.0631. The number of phenols is 2. The van der Waals surface area contributed by atoms with Gasteiger partial charge in [0.05, 0.1) is 36.0 Å². The number of phenolic OH excluding ortho intramolecular Hbond substituents is 2. The lowest BCUT2D eigenvalue weighted by molar-refractivity contribution is 0.267. The van der Waals surface area contributed by atoms with Gasteiger partial charge in [-0.2, -0.15) is 20.5 Å². The molecule has 6 rings (SSSR count). The van der Waals surface area contributed by atoms with Gasteiger partial charge in [0.15, 0.2) is 0 Å². The fourth-order valence-corrected chi connectivity index (χ4v) is 4.85. The zero-order valence-corrected chi connectivity index (χ0v) is 28.2. The Morgan fingerprint density at radius 1 is 0.423 bits per heavy atom. The summed E-state index contributed by atoms with van der Waals surface area (Å²) in [5.41, 5.74) is 4.96. The number of rotatable bonds is 15. The second-order valence-corrected chi connectivity index (χ2v) is 11.4. The topological polar surface area (TPSA) is 133 Å². The van der Waals surface area contributed by atoms with Crippen LogP contribution in [0.5, 0.6) is 23.0 Å². The summed E-state index contributed by atoms with van der Waals surface area (Å²) in [6.07, 6.45) is 4.66. The average molecular weight is 689 g/mol. The summed E-state index contributed by atoms with van der Waals surface area (Å²) in [4.78, 5) is 9.17. The minimum atomic E-state index is 0.0854. The third-order valence-electron chi connectivity index (χ3n) is 7.57. The number of para-hydroxylation sites is 4. The number of nitrogens with zero attached hydrogens (tertiary/aromatic N) is 6. The van der Waals surface area contributed by atoms with Gasteiger partial charge in [0.1, 0.15) is 34.4 Å². The van der Waals surface area contributed by atoms with Gasteiger partial charge in [-0.3, -0.25) is 9.98 Å². The minimum Gasteiger partial charge on any atom is -0.507 e. The van der Waals surface area contributed by atoms with Crippen LogP contribution < -0.4 is 9.47 Å². The third kappa shape index (κ3) is 10.3. The first-order valence-electron chi connectivity index (χ1n) is 16.7. The molecule has 6 aromatic carbocycles. The van der Waals surface area contributed by atoms with Crippen LogP contribution in [0.15, 0.2) is 176 Å². The van der Waals surface area contributed by atoms with Gasteiger partial charge in [0.2, 0.25) is 0 Å². The summed E-state index contributed by atoms with van der Waals surface area (Å²) >= 11 is 0. The zero-order chi connectivity index (χ0) is 35.8. The Balaban J connectivity index is 1.000. The molecule has 258 valence electrons. The van der Waals surface area contributed by atoms with Gasteiger partial charge in [-0.15, -0.1) is 0 Å². The molecule has 10 heteroatoms. The van der Waals surface area contributed by atoms with Crippen LogP contribution in [-0.2, 0) is 0 Å². The van der Waals surface area contributed by atoms with Crippen molar-refractivity contribution < 1.29 is 19.7 Å². The van der Waals surface area contributed by atoms with Crippen LogP contribution >= 0.6 is 0 Å². The second kappa shape index (κ2) is 18.2. The lowest BCUT2D eigenvalue weighted by atomic mass is 10.2. The maximum absolute atomic E-state index is 10.4. The molecule has 0 aromatic heterocycles. The van der Waals surface area contributed by atoms with Crippen LogP contribution in [0.4, 0.5) is 34.1 Å². The number of azo groups is 2. The van der Waals surface area contributed by atoms with Crippen LogP contribution in [0.1, 0.15) is 24.0 Å². The lowest BCUT2D eigenvalue weighted by Gasteiger charge is -2.10. The summed E-state index contributed by atoms with van der Waals surface area (Å²) in [6.45, 7) is 0.932. The van der Waals surface area contributed by atoms with E-state index in [-0.39, 0.29) is 11.5 Å². The molecule has 0 fully saturated rings. The fraction of sp³-hybridized carbons (Fsp3) is 0.0952. The molecule has 10 nitrogen and oxygen atoms in total. The first kappa shape index (κ1) is 34.9. The zero-order valence-electron chi connectivity index (χ0n) is 28.2. The molecule has 6 aromatic rings. The van der Waals surface area contributed by atoms with E-state index in [1.165, 1.54) is 0 Å². The molecule has 0 spiro atoms. The molecule has 0 aliphatic carbocycles. The van der Waals surface area contributed by atoms with Gasteiger partial charge in [-0.25, -0.2) is 0 Å². The minimum absolute atomic E-state index is 0.0854. The maximum Gasteiger partial charge on any atom is 0.144 e. The number of aliphatic imine (C=N–C) groups is 2. The van der Waals surface area contributed by atoms with Gasteiger partial charge < -0.3 is 19.7 Å². The molecule has 0 unspecified atom stereocenters. The molecule has 0 radical (unpaired) electrons. The number of unbranched alkanes of at least 4 members (excludes halogenated alkanes) is 1.